The van der Waals surface area contributed by atoms with E-state index < -0.39 is 0 Å². The largest absolute Gasteiger partial charge is 0.339 e. The number of hydrogen-bond donors (Lipinski definition) is 1. The zero-order valence-corrected chi connectivity index (χ0v) is 16.5. The van der Waals surface area contributed by atoms with Gasteiger partial charge in [0.05, 0.1) is 5.69 Å². The highest BCUT2D eigenvalue weighted by Gasteiger charge is 2.28. The van der Waals surface area contributed by atoms with Crippen molar-refractivity contribution in [3.63, 3.8) is 0 Å². The fraction of sp³-hybridized carbons (Fsp3) is 0.286. The van der Waals surface area contributed by atoms with Gasteiger partial charge in [0.1, 0.15) is 12.1 Å². The fourth-order valence-corrected chi connectivity index (χ4v) is 3.63. The summed E-state index contributed by atoms with van der Waals surface area (Å²) in [5.74, 6) is -0.764. The lowest BCUT2D eigenvalue weighted by molar-refractivity contribution is -0.121. The third-order valence-corrected chi connectivity index (χ3v) is 5.40. The van der Waals surface area contributed by atoms with Gasteiger partial charge in [-0.15, -0.1) is 5.10 Å². The minimum absolute atomic E-state index is 0.0687. The molecule has 9 heteroatoms. The maximum absolute atomic E-state index is 13.1. The van der Waals surface area contributed by atoms with Gasteiger partial charge in [0.15, 0.2) is 0 Å². The highest BCUT2D eigenvalue weighted by molar-refractivity contribution is 5.95. The summed E-state index contributed by atoms with van der Waals surface area (Å²) in [6.45, 7) is 2.87. The molecule has 1 aliphatic heterocycles. The van der Waals surface area contributed by atoms with Crippen molar-refractivity contribution >= 4 is 17.5 Å². The lowest BCUT2D eigenvalue weighted by Gasteiger charge is -2.31. The predicted octanol–water partition coefficient (Wildman–Crippen LogP) is 2.60. The summed E-state index contributed by atoms with van der Waals surface area (Å²) < 4.78 is 14.6. The van der Waals surface area contributed by atoms with Crippen LogP contribution >= 0.6 is 0 Å². The molecule has 1 aromatic heterocycles. The molecule has 4 rings (SSSR count). The van der Waals surface area contributed by atoms with Crippen LogP contribution in [0.2, 0.25) is 0 Å². The van der Waals surface area contributed by atoms with Gasteiger partial charge in [0, 0.05) is 30.3 Å². The second-order valence-corrected chi connectivity index (χ2v) is 7.27. The molecule has 2 aromatic carbocycles. The first kappa shape index (κ1) is 19.7. The van der Waals surface area contributed by atoms with Crippen molar-refractivity contribution in [2.24, 2.45) is 5.92 Å². The summed E-state index contributed by atoms with van der Waals surface area (Å²) in [5.41, 5.74) is 2.81. The van der Waals surface area contributed by atoms with E-state index >= 15 is 0 Å². The number of halogens is 1. The molecule has 8 nitrogen and oxygen atoms in total. The van der Waals surface area contributed by atoms with E-state index in [4.69, 9.17) is 0 Å². The number of piperidine rings is 1. The molecular formula is C21H21FN6O2. The summed E-state index contributed by atoms with van der Waals surface area (Å²) in [7, 11) is 0. The number of hydrogen-bond acceptors (Lipinski definition) is 5. The summed E-state index contributed by atoms with van der Waals surface area (Å²) in [6, 6.07) is 11.1. The average Bonchev–Trinajstić information content (AvgIpc) is 3.30. The van der Waals surface area contributed by atoms with Crippen molar-refractivity contribution in [1.82, 2.24) is 25.1 Å². The molecule has 0 unspecified atom stereocenters. The van der Waals surface area contributed by atoms with Crippen molar-refractivity contribution in [2.45, 2.75) is 19.8 Å². The topological polar surface area (TPSA) is 93.0 Å². The second-order valence-electron chi connectivity index (χ2n) is 7.27. The van der Waals surface area contributed by atoms with Crippen LogP contribution < -0.4 is 5.32 Å². The van der Waals surface area contributed by atoms with Gasteiger partial charge >= 0.3 is 0 Å². The molecule has 0 bridgehead atoms. The third-order valence-electron chi connectivity index (χ3n) is 5.40. The Labute approximate surface area is 172 Å². The number of nitrogens with one attached hydrogen (secondary N) is 1. The van der Waals surface area contributed by atoms with E-state index in [0.717, 1.165) is 11.3 Å². The van der Waals surface area contributed by atoms with Gasteiger partial charge in [-0.25, -0.2) is 9.07 Å². The van der Waals surface area contributed by atoms with Crippen LogP contribution in [0.5, 0.6) is 0 Å². The first-order chi connectivity index (χ1) is 14.5. The Hall–Kier alpha value is -3.62. The zero-order valence-electron chi connectivity index (χ0n) is 16.5. The molecule has 1 N–H and O–H groups in total. The minimum atomic E-state index is -0.374. The van der Waals surface area contributed by atoms with E-state index in [9.17, 15) is 14.0 Å². The van der Waals surface area contributed by atoms with Crippen molar-refractivity contribution in [2.75, 3.05) is 18.4 Å². The number of carbonyl (C=O) groups is 2. The monoisotopic (exact) mass is 408 g/mol. The molecule has 2 amide bonds. The van der Waals surface area contributed by atoms with Crippen molar-refractivity contribution in [3.05, 3.63) is 65.7 Å². The predicted molar refractivity (Wildman–Crippen MR) is 108 cm³/mol. The Morgan fingerprint density at radius 1 is 1.10 bits per heavy atom. The molecule has 30 heavy (non-hydrogen) atoms. The standard InChI is InChI=1S/C21H21FN6O2/c1-14-18(3-2-4-19(14)28-13-23-25-26-28)24-20(29)15-9-11-27(12-10-15)21(30)16-5-7-17(22)8-6-16/h2-8,13,15H,9-12H2,1H3,(H,24,29). The number of likely N-dealkylation sites (tertiary alicyclic amines) is 1. The molecule has 0 radical (unpaired) electrons. The van der Waals surface area contributed by atoms with Gasteiger partial charge in [0.25, 0.3) is 5.91 Å². The number of benzene rings is 2. The van der Waals surface area contributed by atoms with Crippen LogP contribution in [0.4, 0.5) is 10.1 Å². The second kappa shape index (κ2) is 8.40. The number of amides is 2. The first-order valence-electron chi connectivity index (χ1n) is 9.71. The van der Waals surface area contributed by atoms with Gasteiger partial charge in [0.2, 0.25) is 5.91 Å². The SMILES string of the molecule is Cc1c(NC(=O)C2CCN(C(=O)c3ccc(F)cc3)CC2)cccc1-n1cnnn1. The Kier molecular flexibility index (Phi) is 5.51. The van der Waals surface area contributed by atoms with Gasteiger partial charge in [-0.1, -0.05) is 6.07 Å². The normalized spacial score (nSPS) is 14.5. The van der Waals surface area contributed by atoms with E-state index in [1.807, 2.05) is 25.1 Å². The highest BCUT2D eigenvalue weighted by atomic mass is 19.1. The van der Waals surface area contributed by atoms with Crippen LogP contribution in [-0.2, 0) is 4.79 Å². The van der Waals surface area contributed by atoms with E-state index in [1.165, 1.54) is 30.6 Å². The van der Waals surface area contributed by atoms with Crippen LogP contribution in [0, 0.1) is 18.7 Å². The Morgan fingerprint density at radius 2 is 1.83 bits per heavy atom. The third kappa shape index (κ3) is 4.05. The van der Waals surface area contributed by atoms with Crippen LogP contribution in [0.15, 0.2) is 48.8 Å². The molecule has 2 heterocycles. The van der Waals surface area contributed by atoms with Crippen molar-refractivity contribution in [1.29, 1.82) is 0 Å². The number of carbonyl (C=O) groups excluding carboxylic acids is 2. The number of anilines is 1. The Morgan fingerprint density at radius 3 is 2.50 bits per heavy atom. The van der Waals surface area contributed by atoms with Crippen molar-refractivity contribution in [3.8, 4) is 5.69 Å². The van der Waals surface area contributed by atoms with Crippen LogP contribution in [0.3, 0.4) is 0 Å². The molecular weight excluding hydrogens is 387 g/mol. The Bertz CT molecular complexity index is 1040. The van der Waals surface area contributed by atoms with Crippen LogP contribution in [0.1, 0.15) is 28.8 Å². The molecule has 1 aliphatic rings. The summed E-state index contributed by atoms with van der Waals surface area (Å²) in [5, 5.41) is 14.2. The maximum Gasteiger partial charge on any atom is 0.253 e. The number of tetrazole rings is 1. The molecule has 154 valence electrons. The smallest absolute Gasteiger partial charge is 0.253 e. The molecule has 1 saturated heterocycles. The van der Waals surface area contributed by atoms with Gasteiger partial charge in [-0.05, 0) is 72.2 Å². The van der Waals surface area contributed by atoms with Crippen LogP contribution in [-0.4, -0.2) is 50.0 Å². The number of nitrogens with zero attached hydrogens (tertiary/aromatic N) is 5. The van der Waals surface area contributed by atoms with E-state index in [1.54, 1.807) is 9.58 Å². The maximum atomic E-state index is 13.1. The molecule has 1 fully saturated rings. The van der Waals surface area contributed by atoms with Crippen molar-refractivity contribution < 1.29 is 14.0 Å². The Balaban J connectivity index is 1.38. The van der Waals surface area contributed by atoms with Gasteiger partial charge < -0.3 is 10.2 Å². The summed E-state index contributed by atoms with van der Waals surface area (Å²) in [4.78, 5) is 27.1. The summed E-state index contributed by atoms with van der Waals surface area (Å²) in [6.07, 6.45) is 2.65. The van der Waals surface area contributed by atoms with Gasteiger partial charge in [-0.2, -0.15) is 0 Å². The van der Waals surface area contributed by atoms with Crippen LogP contribution in [0.25, 0.3) is 5.69 Å². The minimum Gasteiger partial charge on any atom is -0.339 e. The molecule has 0 atom stereocenters. The fourth-order valence-electron chi connectivity index (χ4n) is 3.63. The number of rotatable bonds is 4. The van der Waals surface area contributed by atoms with E-state index in [0.29, 0.717) is 37.2 Å². The zero-order chi connectivity index (χ0) is 21.1. The number of aromatic nitrogens is 4. The summed E-state index contributed by atoms with van der Waals surface area (Å²) >= 11 is 0. The van der Waals surface area contributed by atoms with E-state index in [2.05, 4.69) is 20.8 Å². The quantitative estimate of drug-likeness (QED) is 0.716. The lowest BCUT2D eigenvalue weighted by Crippen LogP contribution is -2.41. The van der Waals surface area contributed by atoms with Gasteiger partial charge in [-0.3, -0.25) is 9.59 Å². The molecule has 3 aromatic rings. The first-order valence-corrected chi connectivity index (χ1v) is 9.71. The average molecular weight is 408 g/mol. The molecule has 0 saturated carbocycles. The highest BCUT2D eigenvalue weighted by Crippen LogP contribution is 2.25. The van der Waals surface area contributed by atoms with E-state index in [-0.39, 0.29) is 23.5 Å². The molecule has 0 spiro atoms. The molecule has 0 aliphatic carbocycles. The lowest BCUT2D eigenvalue weighted by atomic mass is 9.95.